The predicted octanol–water partition coefficient (Wildman–Crippen LogP) is 2.15. The lowest BCUT2D eigenvalue weighted by atomic mass is 9.81. The number of hydrogen-bond acceptors (Lipinski definition) is 3. The minimum absolute atomic E-state index is 0.590. The first kappa shape index (κ1) is 12.2. The number of carbonyl (C=O) groups is 1. The summed E-state index contributed by atoms with van der Waals surface area (Å²) in [4.78, 5) is 10.7. The maximum Gasteiger partial charge on any atom is 0.333 e. The molecule has 0 saturated carbocycles. The highest BCUT2D eigenvalue weighted by Gasteiger charge is 2.32. The highest BCUT2D eigenvalue weighted by atomic mass is 32.1. The third-order valence-corrected chi connectivity index (χ3v) is 3.34. The van der Waals surface area contributed by atoms with Crippen LogP contribution in [0, 0.1) is 5.41 Å². The van der Waals surface area contributed by atoms with Crippen LogP contribution in [-0.2, 0) is 11.2 Å². The summed E-state index contributed by atoms with van der Waals surface area (Å²) >= 11 is 1.63. The summed E-state index contributed by atoms with van der Waals surface area (Å²) in [5.74, 6) is -1.15. The van der Waals surface area contributed by atoms with Crippen molar-refractivity contribution in [3.8, 4) is 0 Å². The van der Waals surface area contributed by atoms with E-state index in [1.54, 1.807) is 25.2 Å². The molecule has 0 radical (unpaired) electrons. The van der Waals surface area contributed by atoms with Crippen LogP contribution in [0.4, 0.5) is 0 Å². The Labute approximate surface area is 93.4 Å². The van der Waals surface area contributed by atoms with E-state index in [0.29, 0.717) is 6.42 Å². The van der Waals surface area contributed by atoms with E-state index in [2.05, 4.69) is 0 Å². The van der Waals surface area contributed by atoms with Gasteiger partial charge in [0.1, 0.15) is 0 Å². The molecule has 1 atom stereocenters. The first-order chi connectivity index (χ1) is 6.93. The van der Waals surface area contributed by atoms with Crippen LogP contribution >= 0.6 is 11.3 Å². The first-order valence-electron chi connectivity index (χ1n) is 4.85. The summed E-state index contributed by atoms with van der Waals surface area (Å²) in [7, 11) is 0. The van der Waals surface area contributed by atoms with E-state index in [1.807, 2.05) is 16.8 Å². The molecule has 1 aromatic rings. The Morgan fingerprint density at radius 1 is 1.60 bits per heavy atom. The first-order valence-corrected chi connectivity index (χ1v) is 5.80. The summed E-state index contributed by atoms with van der Waals surface area (Å²) in [5.41, 5.74) is 0.610. The summed E-state index contributed by atoms with van der Waals surface area (Å²) in [5, 5.41) is 22.3. The van der Waals surface area contributed by atoms with Crippen LogP contribution in [0.3, 0.4) is 0 Å². The molecule has 1 rings (SSSR count). The second-order valence-electron chi connectivity index (χ2n) is 4.36. The highest BCUT2D eigenvalue weighted by Crippen LogP contribution is 2.27. The summed E-state index contributed by atoms with van der Waals surface area (Å²) < 4.78 is 0. The molecule has 0 saturated heterocycles. The molecular weight excluding hydrogens is 212 g/mol. The molecule has 3 nitrogen and oxygen atoms in total. The molecule has 1 heterocycles. The molecule has 4 heteroatoms. The molecule has 15 heavy (non-hydrogen) atoms. The van der Waals surface area contributed by atoms with Crippen LogP contribution in [0.5, 0.6) is 0 Å². The molecule has 0 fully saturated rings. The Hall–Kier alpha value is -0.870. The third kappa shape index (κ3) is 3.32. The Bertz CT molecular complexity index is 317. The van der Waals surface area contributed by atoms with E-state index in [4.69, 9.17) is 5.11 Å². The smallest absolute Gasteiger partial charge is 0.333 e. The SMILES string of the molecule is CC(C)(CCc1ccsc1)C(O)C(=O)O. The topological polar surface area (TPSA) is 57.5 Å². The lowest BCUT2D eigenvalue weighted by Gasteiger charge is -2.27. The number of carboxylic acids is 1. The maximum absolute atomic E-state index is 10.7. The fourth-order valence-corrected chi connectivity index (χ4v) is 2.08. The van der Waals surface area contributed by atoms with Gasteiger partial charge in [0.25, 0.3) is 0 Å². The summed E-state index contributed by atoms with van der Waals surface area (Å²) in [6.07, 6.45) is 0.175. The van der Waals surface area contributed by atoms with Gasteiger partial charge in [0, 0.05) is 5.41 Å². The Morgan fingerprint density at radius 3 is 2.73 bits per heavy atom. The van der Waals surface area contributed by atoms with E-state index in [9.17, 15) is 9.90 Å². The number of aryl methyl sites for hydroxylation is 1. The standard InChI is InChI=1S/C11H16O3S/c1-11(2,9(12)10(13)14)5-3-8-4-6-15-7-8/h4,6-7,9,12H,3,5H2,1-2H3,(H,13,14). The van der Waals surface area contributed by atoms with E-state index in [-0.39, 0.29) is 0 Å². The quantitative estimate of drug-likeness (QED) is 0.812. The van der Waals surface area contributed by atoms with Gasteiger partial charge in [-0.2, -0.15) is 11.3 Å². The van der Waals surface area contributed by atoms with Crippen LogP contribution in [0.25, 0.3) is 0 Å². The van der Waals surface area contributed by atoms with Gasteiger partial charge in [0.2, 0.25) is 0 Å². The zero-order valence-corrected chi connectivity index (χ0v) is 9.75. The Kier molecular flexibility index (Phi) is 3.88. The van der Waals surface area contributed by atoms with Crippen LogP contribution in [0.1, 0.15) is 25.8 Å². The number of rotatable bonds is 5. The fraction of sp³-hybridized carbons (Fsp3) is 0.545. The molecule has 0 aromatic carbocycles. The van der Waals surface area contributed by atoms with Crippen LogP contribution in [-0.4, -0.2) is 22.3 Å². The molecule has 0 amide bonds. The second kappa shape index (κ2) is 4.77. The Morgan fingerprint density at radius 2 is 2.27 bits per heavy atom. The van der Waals surface area contributed by atoms with Crippen molar-refractivity contribution >= 4 is 17.3 Å². The van der Waals surface area contributed by atoms with E-state index >= 15 is 0 Å². The van der Waals surface area contributed by atoms with Gasteiger partial charge in [-0.3, -0.25) is 0 Å². The van der Waals surface area contributed by atoms with Gasteiger partial charge < -0.3 is 10.2 Å². The molecule has 0 aliphatic heterocycles. The van der Waals surface area contributed by atoms with E-state index in [0.717, 1.165) is 6.42 Å². The van der Waals surface area contributed by atoms with Crippen molar-refractivity contribution < 1.29 is 15.0 Å². The average Bonchev–Trinajstić information content (AvgIpc) is 2.66. The number of aliphatic hydroxyl groups excluding tert-OH is 1. The van der Waals surface area contributed by atoms with Crippen molar-refractivity contribution in [1.29, 1.82) is 0 Å². The number of aliphatic hydroxyl groups is 1. The van der Waals surface area contributed by atoms with Crippen molar-refractivity contribution in [2.24, 2.45) is 5.41 Å². The lowest BCUT2D eigenvalue weighted by Crippen LogP contribution is -2.36. The van der Waals surface area contributed by atoms with Crippen LogP contribution < -0.4 is 0 Å². The molecule has 1 aromatic heterocycles. The minimum atomic E-state index is -1.30. The van der Waals surface area contributed by atoms with Crippen LogP contribution in [0.15, 0.2) is 16.8 Å². The number of thiophene rings is 1. The van der Waals surface area contributed by atoms with Gasteiger partial charge >= 0.3 is 5.97 Å². The molecule has 1 unspecified atom stereocenters. The predicted molar refractivity (Wildman–Crippen MR) is 60.1 cm³/mol. The fourth-order valence-electron chi connectivity index (χ4n) is 1.37. The normalized spacial score (nSPS) is 13.8. The average molecular weight is 228 g/mol. The van der Waals surface area contributed by atoms with Gasteiger partial charge in [0.15, 0.2) is 6.10 Å². The molecular formula is C11H16O3S. The molecule has 2 N–H and O–H groups in total. The van der Waals surface area contributed by atoms with Crippen molar-refractivity contribution in [3.05, 3.63) is 22.4 Å². The lowest BCUT2D eigenvalue weighted by molar-refractivity contribution is -0.153. The van der Waals surface area contributed by atoms with E-state index in [1.165, 1.54) is 5.56 Å². The second-order valence-corrected chi connectivity index (χ2v) is 5.14. The molecule has 0 aliphatic rings. The van der Waals surface area contributed by atoms with Crippen LogP contribution in [0.2, 0.25) is 0 Å². The van der Waals surface area contributed by atoms with Crippen molar-refractivity contribution in [2.75, 3.05) is 0 Å². The van der Waals surface area contributed by atoms with E-state index < -0.39 is 17.5 Å². The van der Waals surface area contributed by atoms with Gasteiger partial charge in [-0.15, -0.1) is 0 Å². The third-order valence-electron chi connectivity index (χ3n) is 2.61. The summed E-state index contributed by atoms with van der Waals surface area (Å²) in [6.45, 7) is 3.55. The zero-order chi connectivity index (χ0) is 11.5. The largest absolute Gasteiger partial charge is 0.479 e. The monoisotopic (exact) mass is 228 g/mol. The van der Waals surface area contributed by atoms with Crippen molar-refractivity contribution in [3.63, 3.8) is 0 Å². The molecule has 0 aliphatic carbocycles. The maximum atomic E-state index is 10.7. The Balaban J connectivity index is 2.53. The number of aliphatic carboxylic acids is 1. The van der Waals surface area contributed by atoms with Gasteiger partial charge in [-0.25, -0.2) is 4.79 Å². The van der Waals surface area contributed by atoms with Gasteiger partial charge in [-0.1, -0.05) is 13.8 Å². The molecule has 84 valence electrons. The number of carboxylic acid groups (broad SMARTS) is 1. The molecule has 0 bridgehead atoms. The number of hydrogen-bond donors (Lipinski definition) is 2. The van der Waals surface area contributed by atoms with Crippen molar-refractivity contribution in [2.45, 2.75) is 32.8 Å². The zero-order valence-electron chi connectivity index (χ0n) is 8.93. The summed E-state index contributed by atoms with van der Waals surface area (Å²) in [6, 6.07) is 2.02. The van der Waals surface area contributed by atoms with Gasteiger partial charge in [-0.05, 0) is 35.2 Å². The highest BCUT2D eigenvalue weighted by molar-refractivity contribution is 7.07. The van der Waals surface area contributed by atoms with Crippen molar-refractivity contribution in [1.82, 2.24) is 0 Å². The minimum Gasteiger partial charge on any atom is -0.479 e. The van der Waals surface area contributed by atoms with Gasteiger partial charge in [0.05, 0.1) is 0 Å². The molecule has 0 spiro atoms.